The predicted octanol–water partition coefficient (Wildman–Crippen LogP) is 3.89. The van der Waals surface area contributed by atoms with E-state index in [0.29, 0.717) is 0 Å². The van der Waals surface area contributed by atoms with E-state index >= 15 is 0 Å². The van der Waals surface area contributed by atoms with Crippen LogP contribution >= 0.6 is 0 Å². The number of rotatable bonds is 2. The van der Waals surface area contributed by atoms with Gasteiger partial charge in [-0.2, -0.15) is 5.26 Å². The Balaban J connectivity index is 2.39. The SMILES string of the molecule is CC(C)c1ccc(C2(C#N)CCC2)cc1F. The van der Waals surface area contributed by atoms with Gasteiger partial charge in [-0.25, -0.2) is 4.39 Å². The molecule has 0 aliphatic heterocycles. The molecule has 1 saturated carbocycles. The minimum Gasteiger partial charge on any atom is -0.207 e. The topological polar surface area (TPSA) is 23.8 Å². The smallest absolute Gasteiger partial charge is 0.126 e. The van der Waals surface area contributed by atoms with Gasteiger partial charge >= 0.3 is 0 Å². The molecule has 0 saturated heterocycles. The number of benzene rings is 1. The Hall–Kier alpha value is -1.36. The summed E-state index contributed by atoms with van der Waals surface area (Å²) in [5.41, 5.74) is 1.18. The van der Waals surface area contributed by atoms with Gasteiger partial charge in [-0.1, -0.05) is 26.0 Å². The zero-order chi connectivity index (χ0) is 11.8. The molecular weight excluding hydrogens is 201 g/mol. The normalized spacial score (nSPS) is 17.9. The molecule has 0 radical (unpaired) electrons. The van der Waals surface area contributed by atoms with Crippen LogP contribution in [0.25, 0.3) is 0 Å². The molecule has 0 bridgehead atoms. The van der Waals surface area contributed by atoms with Crippen molar-refractivity contribution in [1.29, 1.82) is 5.26 Å². The van der Waals surface area contributed by atoms with Crippen LogP contribution in [0.4, 0.5) is 4.39 Å². The Morgan fingerprint density at radius 2 is 2.06 bits per heavy atom. The lowest BCUT2D eigenvalue weighted by atomic mass is 9.65. The van der Waals surface area contributed by atoms with Crippen molar-refractivity contribution in [2.45, 2.75) is 44.4 Å². The van der Waals surface area contributed by atoms with Crippen LogP contribution in [0.5, 0.6) is 0 Å². The lowest BCUT2D eigenvalue weighted by Crippen LogP contribution is -2.32. The molecule has 1 aliphatic carbocycles. The summed E-state index contributed by atoms with van der Waals surface area (Å²) in [5, 5.41) is 9.19. The van der Waals surface area contributed by atoms with Crippen LogP contribution in [0.3, 0.4) is 0 Å². The standard InChI is InChI=1S/C14H16FN/c1-10(2)12-5-4-11(8-13(12)15)14(9-16)6-3-7-14/h4-5,8,10H,3,6-7H2,1-2H3. The highest BCUT2D eigenvalue weighted by atomic mass is 19.1. The second-order valence-electron chi connectivity index (χ2n) is 4.94. The minimum atomic E-state index is -0.406. The Kier molecular flexibility index (Phi) is 2.71. The highest BCUT2D eigenvalue weighted by molar-refractivity contribution is 5.38. The maximum absolute atomic E-state index is 13.8. The van der Waals surface area contributed by atoms with Crippen LogP contribution in [0.2, 0.25) is 0 Å². The van der Waals surface area contributed by atoms with E-state index in [9.17, 15) is 9.65 Å². The van der Waals surface area contributed by atoms with Crippen molar-refractivity contribution in [3.8, 4) is 6.07 Å². The van der Waals surface area contributed by atoms with E-state index in [1.165, 1.54) is 0 Å². The van der Waals surface area contributed by atoms with Crippen molar-refractivity contribution in [3.63, 3.8) is 0 Å². The lowest BCUT2D eigenvalue weighted by Gasteiger charge is -2.35. The summed E-state index contributed by atoms with van der Waals surface area (Å²) in [6, 6.07) is 7.64. The summed E-state index contributed by atoms with van der Waals surface area (Å²) < 4.78 is 13.8. The van der Waals surface area contributed by atoms with E-state index in [4.69, 9.17) is 0 Å². The molecule has 2 rings (SSSR count). The highest BCUT2D eigenvalue weighted by Crippen LogP contribution is 2.43. The molecule has 0 N–H and O–H groups in total. The number of hydrogen-bond donors (Lipinski definition) is 0. The molecule has 1 fully saturated rings. The Morgan fingerprint density at radius 3 is 2.44 bits per heavy atom. The first-order valence-corrected chi connectivity index (χ1v) is 5.80. The van der Waals surface area contributed by atoms with Crippen molar-refractivity contribution in [2.75, 3.05) is 0 Å². The second kappa shape index (κ2) is 3.90. The van der Waals surface area contributed by atoms with Crippen LogP contribution in [0, 0.1) is 17.1 Å². The fourth-order valence-electron chi connectivity index (χ4n) is 2.29. The van der Waals surface area contributed by atoms with Crippen molar-refractivity contribution >= 4 is 0 Å². The third kappa shape index (κ3) is 1.61. The van der Waals surface area contributed by atoms with Crippen molar-refractivity contribution in [1.82, 2.24) is 0 Å². The molecule has 0 aromatic heterocycles. The molecule has 0 amide bonds. The summed E-state index contributed by atoms with van der Waals surface area (Å²) in [6.07, 6.45) is 2.80. The third-order valence-corrected chi connectivity index (χ3v) is 3.60. The van der Waals surface area contributed by atoms with Gasteiger partial charge < -0.3 is 0 Å². The van der Waals surface area contributed by atoms with Crippen molar-refractivity contribution < 1.29 is 4.39 Å². The van der Waals surface area contributed by atoms with Crippen LogP contribution in [0.15, 0.2) is 18.2 Å². The zero-order valence-corrected chi connectivity index (χ0v) is 9.76. The summed E-state index contributed by atoms with van der Waals surface area (Å²) in [4.78, 5) is 0. The fraction of sp³-hybridized carbons (Fsp3) is 0.500. The van der Waals surface area contributed by atoms with Crippen LogP contribution in [0.1, 0.15) is 50.2 Å². The summed E-state index contributed by atoms with van der Waals surface area (Å²) in [5.74, 6) is 0.0162. The molecule has 0 atom stereocenters. The Labute approximate surface area is 95.9 Å². The number of nitrogens with zero attached hydrogens (tertiary/aromatic N) is 1. The summed E-state index contributed by atoms with van der Waals surface area (Å²) in [6.45, 7) is 3.95. The maximum Gasteiger partial charge on any atom is 0.126 e. The molecule has 1 aromatic carbocycles. The van der Waals surface area contributed by atoms with Crippen LogP contribution in [-0.4, -0.2) is 0 Å². The van der Waals surface area contributed by atoms with Gasteiger partial charge in [0, 0.05) is 0 Å². The highest BCUT2D eigenvalue weighted by Gasteiger charge is 2.39. The van der Waals surface area contributed by atoms with Gasteiger partial charge in [0.15, 0.2) is 0 Å². The van der Waals surface area contributed by atoms with E-state index < -0.39 is 5.41 Å². The molecule has 16 heavy (non-hydrogen) atoms. The second-order valence-corrected chi connectivity index (χ2v) is 4.94. The van der Waals surface area contributed by atoms with Gasteiger partial charge in [-0.05, 0) is 42.4 Å². The molecule has 0 heterocycles. The fourth-order valence-corrected chi connectivity index (χ4v) is 2.29. The first-order valence-electron chi connectivity index (χ1n) is 5.80. The van der Waals surface area contributed by atoms with Crippen LogP contribution in [-0.2, 0) is 5.41 Å². The van der Waals surface area contributed by atoms with E-state index in [0.717, 1.165) is 30.4 Å². The number of hydrogen-bond acceptors (Lipinski definition) is 1. The Bertz CT molecular complexity index is 439. The molecule has 1 nitrogen and oxygen atoms in total. The number of halogens is 1. The van der Waals surface area contributed by atoms with Gasteiger partial charge in [0.1, 0.15) is 5.82 Å². The quantitative estimate of drug-likeness (QED) is 0.737. The van der Waals surface area contributed by atoms with Crippen molar-refractivity contribution in [2.24, 2.45) is 0 Å². The molecule has 84 valence electrons. The van der Waals surface area contributed by atoms with Gasteiger partial charge in [-0.3, -0.25) is 0 Å². The maximum atomic E-state index is 13.8. The average molecular weight is 217 g/mol. The van der Waals surface area contributed by atoms with Crippen molar-refractivity contribution in [3.05, 3.63) is 35.1 Å². The van der Waals surface area contributed by atoms with Gasteiger partial charge in [-0.15, -0.1) is 0 Å². The van der Waals surface area contributed by atoms with E-state index in [1.807, 2.05) is 26.0 Å². The molecule has 1 aromatic rings. The van der Waals surface area contributed by atoms with Gasteiger partial charge in [0.05, 0.1) is 11.5 Å². The van der Waals surface area contributed by atoms with E-state index in [2.05, 4.69) is 6.07 Å². The molecule has 1 aliphatic rings. The first-order chi connectivity index (χ1) is 7.59. The average Bonchev–Trinajstić information content (AvgIpc) is 2.16. The van der Waals surface area contributed by atoms with Gasteiger partial charge in [0.25, 0.3) is 0 Å². The largest absolute Gasteiger partial charge is 0.207 e. The molecule has 0 spiro atoms. The van der Waals surface area contributed by atoms with E-state index in [1.54, 1.807) is 6.07 Å². The predicted molar refractivity (Wildman–Crippen MR) is 61.6 cm³/mol. The first kappa shape index (κ1) is 11.1. The zero-order valence-electron chi connectivity index (χ0n) is 9.76. The van der Waals surface area contributed by atoms with Crippen LogP contribution < -0.4 is 0 Å². The Morgan fingerprint density at radius 1 is 1.38 bits per heavy atom. The summed E-state index contributed by atoms with van der Waals surface area (Å²) in [7, 11) is 0. The van der Waals surface area contributed by atoms with E-state index in [-0.39, 0.29) is 11.7 Å². The molecule has 2 heteroatoms. The summed E-state index contributed by atoms with van der Waals surface area (Å²) >= 11 is 0. The molecule has 0 unspecified atom stereocenters. The molecular formula is C14H16FN. The third-order valence-electron chi connectivity index (χ3n) is 3.60. The minimum absolute atomic E-state index is 0.172. The number of nitriles is 1. The van der Waals surface area contributed by atoms with Gasteiger partial charge in [0.2, 0.25) is 0 Å². The lowest BCUT2D eigenvalue weighted by molar-refractivity contribution is 0.323. The monoisotopic (exact) mass is 217 g/mol.